The Labute approximate surface area is 121 Å². The average molecular weight is 286 g/mol. The van der Waals surface area contributed by atoms with Crippen LogP contribution in [0.1, 0.15) is 5.76 Å². The Kier molecular flexibility index (Phi) is 5.17. The lowest BCUT2D eigenvalue weighted by molar-refractivity contribution is -0.128. The molecule has 0 aliphatic rings. The van der Waals surface area contributed by atoms with Gasteiger partial charge in [0.25, 0.3) is 11.8 Å². The zero-order valence-electron chi connectivity index (χ0n) is 11.1. The smallest absolute Gasteiger partial charge is 0.276 e. The molecule has 6 nitrogen and oxygen atoms in total. The first kappa shape index (κ1) is 14.4. The highest BCUT2D eigenvalue weighted by Crippen LogP contribution is 2.07. The molecule has 2 aromatic rings. The molecule has 6 heteroatoms. The van der Waals surface area contributed by atoms with Crippen molar-refractivity contribution in [1.29, 1.82) is 0 Å². The highest BCUT2D eigenvalue weighted by molar-refractivity contribution is 5.92. The van der Waals surface area contributed by atoms with Crippen LogP contribution in [-0.4, -0.2) is 18.4 Å². The first-order valence-electron chi connectivity index (χ1n) is 6.22. The molecule has 108 valence electrons. The fraction of sp³-hybridized carbons (Fsp3) is 0.0667. The van der Waals surface area contributed by atoms with Crippen molar-refractivity contribution in [2.75, 3.05) is 6.61 Å². The number of hydrogen-bond acceptors (Lipinski definition) is 4. The van der Waals surface area contributed by atoms with Crippen LogP contribution in [0.5, 0.6) is 5.75 Å². The van der Waals surface area contributed by atoms with Crippen molar-refractivity contribution in [3.8, 4) is 5.75 Å². The van der Waals surface area contributed by atoms with Crippen LogP contribution in [0.4, 0.5) is 0 Å². The highest BCUT2D eigenvalue weighted by Gasteiger charge is 2.03. The molecule has 0 saturated heterocycles. The van der Waals surface area contributed by atoms with Crippen molar-refractivity contribution in [1.82, 2.24) is 10.9 Å². The maximum absolute atomic E-state index is 11.5. The number of rotatable bonds is 5. The van der Waals surface area contributed by atoms with E-state index in [9.17, 15) is 9.59 Å². The molecule has 0 saturated carbocycles. The van der Waals surface area contributed by atoms with Crippen molar-refractivity contribution >= 4 is 17.9 Å². The van der Waals surface area contributed by atoms with E-state index in [1.807, 2.05) is 6.07 Å². The van der Waals surface area contributed by atoms with Gasteiger partial charge < -0.3 is 9.15 Å². The summed E-state index contributed by atoms with van der Waals surface area (Å²) in [5, 5.41) is 0. The zero-order chi connectivity index (χ0) is 14.9. The van der Waals surface area contributed by atoms with Gasteiger partial charge in [0.2, 0.25) is 0 Å². The summed E-state index contributed by atoms with van der Waals surface area (Å²) in [6.07, 6.45) is 4.24. The van der Waals surface area contributed by atoms with Crippen molar-refractivity contribution < 1.29 is 18.7 Å². The van der Waals surface area contributed by atoms with E-state index < -0.39 is 11.8 Å². The molecule has 0 radical (unpaired) electrons. The van der Waals surface area contributed by atoms with Gasteiger partial charge in [0.15, 0.2) is 6.61 Å². The lowest BCUT2D eigenvalue weighted by atomic mass is 10.3. The molecular formula is C15H14N2O4. The molecule has 21 heavy (non-hydrogen) atoms. The fourth-order valence-corrected chi connectivity index (χ4v) is 1.42. The number of nitrogens with one attached hydrogen (secondary N) is 2. The quantitative estimate of drug-likeness (QED) is 0.645. The third-order valence-electron chi connectivity index (χ3n) is 2.38. The molecule has 1 aromatic heterocycles. The summed E-state index contributed by atoms with van der Waals surface area (Å²) >= 11 is 0. The Balaban J connectivity index is 1.68. The van der Waals surface area contributed by atoms with E-state index in [0.29, 0.717) is 11.5 Å². The van der Waals surface area contributed by atoms with Gasteiger partial charge in [-0.05, 0) is 30.3 Å². The number of benzene rings is 1. The molecule has 0 aliphatic carbocycles. The minimum atomic E-state index is -0.473. The Hall–Kier alpha value is -3.02. The minimum Gasteiger partial charge on any atom is -0.484 e. The summed E-state index contributed by atoms with van der Waals surface area (Å²) in [7, 11) is 0. The SMILES string of the molecule is O=C(C=Cc1ccco1)NNC(=O)COc1ccccc1. The first-order chi connectivity index (χ1) is 10.2. The second-order valence-corrected chi connectivity index (χ2v) is 3.99. The van der Waals surface area contributed by atoms with E-state index >= 15 is 0 Å². The van der Waals surface area contributed by atoms with E-state index in [0.717, 1.165) is 0 Å². The first-order valence-corrected chi connectivity index (χ1v) is 6.22. The summed E-state index contributed by atoms with van der Waals surface area (Å²) in [4.78, 5) is 22.9. The molecule has 0 unspecified atom stereocenters. The highest BCUT2D eigenvalue weighted by atomic mass is 16.5. The van der Waals surface area contributed by atoms with Crippen LogP contribution in [-0.2, 0) is 9.59 Å². The Bertz CT molecular complexity index is 606. The maximum Gasteiger partial charge on any atom is 0.276 e. The van der Waals surface area contributed by atoms with E-state index in [1.165, 1.54) is 18.4 Å². The second kappa shape index (κ2) is 7.54. The van der Waals surface area contributed by atoms with Gasteiger partial charge in [0, 0.05) is 6.08 Å². The van der Waals surface area contributed by atoms with Crippen molar-refractivity contribution in [2.24, 2.45) is 0 Å². The van der Waals surface area contributed by atoms with Crippen LogP contribution >= 0.6 is 0 Å². The van der Waals surface area contributed by atoms with E-state index in [-0.39, 0.29) is 6.61 Å². The fourth-order valence-electron chi connectivity index (χ4n) is 1.42. The number of furan rings is 1. The molecular weight excluding hydrogens is 272 g/mol. The van der Waals surface area contributed by atoms with Crippen molar-refractivity contribution in [3.05, 3.63) is 60.6 Å². The van der Waals surface area contributed by atoms with Crippen LogP contribution < -0.4 is 15.6 Å². The maximum atomic E-state index is 11.5. The number of para-hydroxylation sites is 1. The molecule has 2 amide bonds. The summed E-state index contributed by atoms with van der Waals surface area (Å²) in [6.45, 7) is -0.188. The summed E-state index contributed by atoms with van der Waals surface area (Å²) in [5.41, 5.74) is 4.47. The molecule has 2 N–H and O–H groups in total. The van der Waals surface area contributed by atoms with Gasteiger partial charge >= 0.3 is 0 Å². The number of ether oxygens (including phenoxy) is 1. The Morgan fingerprint density at radius 2 is 1.90 bits per heavy atom. The molecule has 1 heterocycles. The third-order valence-corrected chi connectivity index (χ3v) is 2.38. The lowest BCUT2D eigenvalue weighted by Gasteiger charge is -2.07. The number of carbonyl (C=O) groups excluding carboxylic acids is 2. The van der Waals surface area contributed by atoms with Crippen molar-refractivity contribution in [3.63, 3.8) is 0 Å². The lowest BCUT2D eigenvalue weighted by Crippen LogP contribution is -2.43. The molecule has 0 aliphatic heterocycles. The largest absolute Gasteiger partial charge is 0.484 e. The molecule has 2 rings (SSSR count). The third kappa shape index (κ3) is 5.23. The van der Waals surface area contributed by atoms with Gasteiger partial charge in [0.1, 0.15) is 11.5 Å². The van der Waals surface area contributed by atoms with Crippen molar-refractivity contribution in [2.45, 2.75) is 0 Å². The molecule has 0 atom stereocenters. The molecule has 0 spiro atoms. The van der Waals surface area contributed by atoms with Gasteiger partial charge in [-0.1, -0.05) is 18.2 Å². The van der Waals surface area contributed by atoms with Gasteiger partial charge in [-0.3, -0.25) is 20.4 Å². The summed E-state index contributed by atoms with van der Waals surface area (Å²) < 4.78 is 10.2. The normalized spacial score (nSPS) is 10.3. The standard InChI is InChI=1S/C15H14N2O4/c18-14(9-8-13-7-4-10-20-13)16-17-15(19)11-21-12-5-2-1-3-6-12/h1-10H,11H2,(H,16,18)(H,17,19). The van der Waals surface area contributed by atoms with Crippen LogP contribution in [0.25, 0.3) is 6.08 Å². The molecule has 0 bridgehead atoms. The van der Waals surface area contributed by atoms with E-state index in [2.05, 4.69) is 10.9 Å². The number of hydrazine groups is 1. The second-order valence-electron chi connectivity index (χ2n) is 3.99. The van der Waals surface area contributed by atoms with Crippen LogP contribution in [0.15, 0.2) is 59.2 Å². The molecule has 0 fully saturated rings. The number of amides is 2. The Morgan fingerprint density at radius 1 is 1.10 bits per heavy atom. The zero-order valence-corrected chi connectivity index (χ0v) is 11.1. The summed E-state index contributed by atoms with van der Waals surface area (Å²) in [6, 6.07) is 12.3. The van der Waals surface area contributed by atoms with Gasteiger partial charge in [-0.15, -0.1) is 0 Å². The number of hydrogen-bond donors (Lipinski definition) is 2. The summed E-state index contributed by atoms with van der Waals surface area (Å²) in [5.74, 6) is 0.193. The topological polar surface area (TPSA) is 80.6 Å². The van der Waals surface area contributed by atoms with E-state index in [4.69, 9.17) is 9.15 Å². The Morgan fingerprint density at radius 3 is 2.62 bits per heavy atom. The molecule has 1 aromatic carbocycles. The van der Waals surface area contributed by atoms with E-state index in [1.54, 1.807) is 36.4 Å². The van der Waals surface area contributed by atoms with Gasteiger partial charge in [0.05, 0.1) is 6.26 Å². The predicted octanol–water partition coefficient (Wildman–Crippen LogP) is 1.52. The van der Waals surface area contributed by atoms with Gasteiger partial charge in [-0.25, -0.2) is 0 Å². The van der Waals surface area contributed by atoms with Crippen LogP contribution in [0, 0.1) is 0 Å². The van der Waals surface area contributed by atoms with Crippen LogP contribution in [0.2, 0.25) is 0 Å². The monoisotopic (exact) mass is 286 g/mol. The predicted molar refractivity (Wildman–Crippen MR) is 76.0 cm³/mol. The van der Waals surface area contributed by atoms with Gasteiger partial charge in [-0.2, -0.15) is 0 Å². The average Bonchev–Trinajstić information content (AvgIpc) is 3.03. The minimum absolute atomic E-state index is 0.188. The number of carbonyl (C=O) groups is 2. The van der Waals surface area contributed by atoms with Crippen LogP contribution in [0.3, 0.4) is 0 Å².